The number of ether oxygens (including phenoxy) is 2. The highest BCUT2D eigenvalue weighted by Crippen LogP contribution is 2.29. The van der Waals surface area contributed by atoms with Gasteiger partial charge in [-0.05, 0) is 43.1 Å². The number of nitrogens with zero attached hydrogens (tertiary/aromatic N) is 2. The molecule has 0 saturated carbocycles. The second-order valence-electron chi connectivity index (χ2n) is 6.37. The summed E-state index contributed by atoms with van der Waals surface area (Å²) >= 11 is 0. The average Bonchev–Trinajstić information content (AvgIpc) is 2.68. The molecule has 5 heteroatoms. The molecule has 132 valence electrons. The van der Waals surface area contributed by atoms with Gasteiger partial charge < -0.3 is 9.47 Å². The monoisotopic (exact) mass is 340 g/mol. The standard InChI is InChI=1S/C20H24N2O3/c1-24-17-7-8-18(19(11-17)25-2)20(23)16-6-4-10-22(14-16)13-15-5-3-9-21-12-15/h3,5,7-9,11-12,16H,4,6,10,13-14H2,1-2H3. The van der Waals surface area contributed by atoms with Crippen LogP contribution in [0.25, 0.3) is 0 Å². The van der Waals surface area contributed by atoms with Crippen LogP contribution in [0, 0.1) is 5.92 Å². The van der Waals surface area contributed by atoms with Gasteiger partial charge in [0.05, 0.1) is 19.8 Å². The van der Waals surface area contributed by atoms with E-state index in [1.807, 2.05) is 18.3 Å². The van der Waals surface area contributed by atoms with Crippen LogP contribution in [0.15, 0.2) is 42.7 Å². The van der Waals surface area contributed by atoms with Crippen molar-refractivity contribution in [2.24, 2.45) is 5.92 Å². The van der Waals surface area contributed by atoms with Crippen molar-refractivity contribution < 1.29 is 14.3 Å². The summed E-state index contributed by atoms with van der Waals surface area (Å²) in [6.45, 7) is 2.61. The van der Waals surface area contributed by atoms with Crippen molar-refractivity contribution in [2.45, 2.75) is 19.4 Å². The van der Waals surface area contributed by atoms with E-state index < -0.39 is 0 Å². The minimum Gasteiger partial charge on any atom is -0.497 e. The van der Waals surface area contributed by atoms with Crippen molar-refractivity contribution in [3.63, 3.8) is 0 Å². The molecule has 1 aliphatic heterocycles. The van der Waals surface area contributed by atoms with Gasteiger partial charge in [-0.25, -0.2) is 0 Å². The summed E-state index contributed by atoms with van der Waals surface area (Å²) in [7, 11) is 3.19. The van der Waals surface area contributed by atoms with E-state index in [-0.39, 0.29) is 11.7 Å². The zero-order chi connectivity index (χ0) is 17.6. The second-order valence-corrected chi connectivity index (χ2v) is 6.37. The van der Waals surface area contributed by atoms with E-state index in [4.69, 9.17) is 9.47 Å². The van der Waals surface area contributed by atoms with Crippen LogP contribution in [0.4, 0.5) is 0 Å². The number of carbonyl (C=O) groups is 1. The van der Waals surface area contributed by atoms with E-state index in [1.165, 1.54) is 5.56 Å². The molecule has 0 amide bonds. The number of piperidine rings is 1. The Morgan fingerprint density at radius 1 is 1.28 bits per heavy atom. The summed E-state index contributed by atoms with van der Waals surface area (Å²) in [5, 5.41) is 0. The van der Waals surface area contributed by atoms with Crippen LogP contribution >= 0.6 is 0 Å². The van der Waals surface area contributed by atoms with Crippen LogP contribution in [0.1, 0.15) is 28.8 Å². The number of aromatic nitrogens is 1. The molecule has 1 atom stereocenters. The minimum atomic E-state index is -0.00674. The predicted molar refractivity (Wildman–Crippen MR) is 96.1 cm³/mol. The lowest BCUT2D eigenvalue weighted by Crippen LogP contribution is -2.38. The van der Waals surface area contributed by atoms with Gasteiger partial charge in [0, 0.05) is 37.5 Å². The summed E-state index contributed by atoms with van der Waals surface area (Å²) in [5.41, 5.74) is 1.81. The Morgan fingerprint density at radius 2 is 2.16 bits per heavy atom. The molecule has 1 aromatic heterocycles. The van der Waals surface area contributed by atoms with Crippen LogP contribution in [-0.2, 0) is 6.54 Å². The molecule has 5 nitrogen and oxygen atoms in total. The van der Waals surface area contributed by atoms with Crippen LogP contribution in [0.3, 0.4) is 0 Å². The fourth-order valence-corrected chi connectivity index (χ4v) is 3.38. The molecule has 1 fully saturated rings. The zero-order valence-electron chi connectivity index (χ0n) is 14.8. The van der Waals surface area contributed by atoms with Crippen molar-refractivity contribution >= 4 is 5.78 Å². The van der Waals surface area contributed by atoms with Gasteiger partial charge >= 0.3 is 0 Å². The van der Waals surface area contributed by atoms with Gasteiger partial charge in [-0.2, -0.15) is 0 Å². The van der Waals surface area contributed by atoms with Gasteiger partial charge in [0.1, 0.15) is 11.5 Å². The molecule has 2 aromatic rings. The number of carbonyl (C=O) groups excluding carboxylic acids is 1. The van der Waals surface area contributed by atoms with E-state index in [9.17, 15) is 4.79 Å². The smallest absolute Gasteiger partial charge is 0.170 e. The third kappa shape index (κ3) is 4.17. The van der Waals surface area contributed by atoms with Crippen LogP contribution in [0.2, 0.25) is 0 Å². The molecule has 0 N–H and O–H groups in total. The first-order valence-electron chi connectivity index (χ1n) is 8.58. The first kappa shape index (κ1) is 17.4. The maximum Gasteiger partial charge on any atom is 0.170 e. The van der Waals surface area contributed by atoms with Gasteiger partial charge in [-0.1, -0.05) is 6.07 Å². The number of Topliss-reactive ketones (excluding diaryl/α,β-unsaturated/α-hetero) is 1. The number of benzene rings is 1. The lowest BCUT2D eigenvalue weighted by Gasteiger charge is -2.32. The van der Waals surface area contributed by atoms with E-state index in [1.54, 1.807) is 32.5 Å². The van der Waals surface area contributed by atoms with Crippen LogP contribution in [-0.4, -0.2) is 43.0 Å². The number of likely N-dealkylation sites (tertiary alicyclic amines) is 1. The molecule has 1 unspecified atom stereocenters. The molecule has 0 radical (unpaired) electrons. The van der Waals surface area contributed by atoms with E-state index in [0.29, 0.717) is 17.1 Å². The Morgan fingerprint density at radius 3 is 2.88 bits per heavy atom. The molecule has 0 aliphatic carbocycles. The fourth-order valence-electron chi connectivity index (χ4n) is 3.38. The summed E-state index contributed by atoms with van der Waals surface area (Å²) in [6, 6.07) is 9.41. The molecule has 25 heavy (non-hydrogen) atoms. The summed E-state index contributed by atoms with van der Waals surface area (Å²) in [6.07, 6.45) is 5.60. The SMILES string of the molecule is COc1ccc(C(=O)C2CCCN(Cc3cccnc3)C2)c(OC)c1. The van der Waals surface area contributed by atoms with Crippen molar-refractivity contribution in [3.05, 3.63) is 53.9 Å². The van der Waals surface area contributed by atoms with Gasteiger partial charge in [-0.3, -0.25) is 14.7 Å². The molecular weight excluding hydrogens is 316 g/mol. The van der Waals surface area contributed by atoms with Gasteiger partial charge in [0.25, 0.3) is 0 Å². The molecule has 3 rings (SSSR count). The summed E-state index contributed by atoms with van der Waals surface area (Å²) in [4.78, 5) is 19.5. The summed E-state index contributed by atoms with van der Waals surface area (Å²) < 4.78 is 10.6. The number of hydrogen-bond donors (Lipinski definition) is 0. The third-order valence-electron chi connectivity index (χ3n) is 4.68. The highest BCUT2D eigenvalue weighted by atomic mass is 16.5. The zero-order valence-corrected chi connectivity index (χ0v) is 14.8. The number of methoxy groups -OCH3 is 2. The molecule has 1 saturated heterocycles. The third-order valence-corrected chi connectivity index (χ3v) is 4.68. The maximum absolute atomic E-state index is 13.0. The van der Waals surface area contributed by atoms with Gasteiger partial charge in [-0.15, -0.1) is 0 Å². The normalized spacial score (nSPS) is 17.9. The fraction of sp³-hybridized carbons (Fsp3) is 0.400. The Kier molecular flexibility index (Phi) is 5.66. The number of pyridine rings is 1. The number of ketones is 1. The van der Waals surface area contributed by atoms with Crippen LogP contribution < -0.4 is 9.47 Å². The highest BCUT2D eigenvalue weighted by Gasteiger charge is 2.28. The first-order chi connectivity index (χ1) is 12.2. The van der Waals surface area contributed by atoms with Gasteiger partial charge in [0.2, 0.25) is 0 Å². The molecule has 1 aromatic carbocycles. The van der Waals surface area contributed by atoms with Crippen molar-refractivity contribution in [1.82, 2.24) is 9.88 Å². The van der Waals surface area contributed by atoms with Gasteiger partial charge in [0.15, 0.2) is 5.78 Å². The lowest BCUT2D eigenvalue weighted by molar-refractivity contribution is 0.0808. The Labute approximate surface area is 148 Å². The molecular formula is C20H24N2O3. The largest absolute Gasteiger partial charge is 0.497 e. The lowest BCUT2D eigenvalue weighted by atomic mass is 9.89. The van der Waals surface area contributed by atoms with E-state index in [2.05, 4.69) is 16.0 Å². The highest BCUT2D eigenvalue weighted by molar-refractivity contribution is 6.00. The second kappa shape index (κ2) is 8.12. The molecule has 0 spiro atoms. The average molecular weight is 340 g/mol. The van der Waals surface area contributed by atoms with E-state index in [0.717, 1.165) is 32.5 Å². The van der Waals surface area contributed by atoms with Crippen molar-refractivity contribution in [1.29, 1.82) is 0 Å². The molecule has 1 aliphatic rings. The predicted octanol–water partition coefficient (Wildman–Crippen LogP) is 3.19. The van der Waals surface area contributed by atoms with E-state index >= 15 is 0 Å². The van der Waals surface area contributed by atoms with Crippen molar-refractivity contribution in [3.8, 4) is 11.5 Å². The Bertz CT molecular complexity index is 718. The minimum absolute atomic E-state index is 0.00674. The maximum atomic E-state index is 13.0. The first-order valence-corrected chi connectivity index (χ1v) is 8.58. The molecule has 0 bridgehead atoms. The topological polar surface area (TPSA) is 51.7 Å². The van der Waals surface area contributed by atoms with Crippen LogP contribution in [0.5, 0.6) is 11.5 Å². The number of rotatable bonds is 6. The summed E-state index contributed by atoms with van der Waals surface area (Å²) in [5.74, 6) is 1.41. The quantitative estimate of drug-likeness (QED) is 0.756. The molecule has 2 heterocycles. The Hall–Kier alpha value is -2.40. The van der Waals surface area contributed by atoms with Crippen molar-refractivity contribution in [2.75, 3.05) is 27.3 Å². The Balaban J connectivity index is 1.71. The number of hydrogen-bond acceptors (Lipinski definition) is 5.